The summed E-state index contributed by atoms with van der Waals surface area (Å²) < 4.78 is 2.40. The number of para-hydroxylation sites is 1. The molecule has 2 heteroatoms. The second-order valence-corrected chi connectivity index (χ2v) is 5.43. The Morgan fingerprint density at radius 3 is 2.69 bits per heavy atom. The summed E-state index contributed by atoms with van der Waals surface area (Å²) in [6.45, 7) is 6.69. The van der Waals surface area contributed by atoms with E-state index in [4.69, 9.17) is 0 Å². The molecule has 1 nitrogen and oxygen atoms in total. The van der Waals surface area contributed by atoms with Gasteiger partial charge in [0.25, 0.3) is 0 Å². The Balaban J connectivity index is 2.71. The lowest BCUT2D eigenvalue weighted by Gasteiger charge is -2.10. The quantitative estimate of drug-likeness (QED) is 0.761. The van der Waals surface area contributed by atoms with Crippen LogP contribution in [0.2, 0.25) is 0 Å². The van der Waals surface area contributed by atoms with Gasteiger partial charge in [0.2, 0.25) is 0 Å². The van der Waals surface area contributed by atoms with Gasteiger partial charge >= 0.3 is 0 Å². The number of thioether (sulfide) groups is 1. The van der Waals surface area contributed by atoms with Crippen LogP contribution in [0.25, 0.3) is 10.9 Å². The Morgan fingerprint density at radius 1 is 1.31 bits per heavy atom. The van der Waals surface area contributed by atoms with Gasteiger partial charge in [-0.25, -0.2) is 0 Å². The summed E-state index contributed by atoms with van der Waals surface area (Å²) in [6.07, 6.45) is 4.48. The minimum atomic E-state index is 0.527. The number of benzene rings is 1. The zero-order chi connectivity index (χ0) is 11.7. The summed E-state index contributed by atoms with van der Waals surface area (Å²) in [5.41, 5.74) is 4.24. The first kappa shape index (κ1) is 11.6. The van der Waals surface area contributed by atoms with Gasteiger partial charge in [-0.05, 0) is 38.2 Å². The van der Waals surface area contributed by atoms with Gasteiger partial charge in [0.05, 0.1) is 5.52 Å². The first-order valence-electron chi connectivity index (χ1n) is 5.73. The second-order valence-electron chi connectivity index (χ2n) is 4.56. The van der Waals surface area contributed by atoms with Crippen molar-refractivity contribution < 1.29 is 0 Å². The van der Waals surface area contributed by atoms with Crippen molar-refractivity contribution in [3.05, 3.63) is 35.5 Å². The molecule has 0 amide bonds. The molecule has 0 saturated heterocycles. The second kappa shape index (κ2) is 4.54. The zero-order valence-corrected chi connectivity index (χ0v) is 11.3. The van der Waals surface area contributed by atoms with Crippen LogP contribution in [0.15, 0.2) is 24.4 Å². The summed E-state index contributed by atoms with van der Waals surface area (Å²) in [4.78, 5) is 0. The van der Waals surface area contributed by atoms with Crippen LogP contribution in [0.3, 0.4) is 0 Å². The molecule has 2 aromatic rings. The van der Waals surface area contributed by atoms with E-state index in [9.17, 15) is 0 Å². The van der Waals surface area contributed by atoms with E-state index in [1.54, 1.807) is 0 Å². The largest absolute Gasteiger partial charge is 0.344 e. The average molecular weight is 233 g/mol. The molecular formula is C14H19NS. The minimum Gasteiger partial charge on any atom is -0.344 e. The maximum atomic E-state index is 2.40. The van der Waals surface area contributed by atoms with E-state index in [1.807, 2.05) is 11.8 Å². The van der Waals surface area contributed by atoms with Crippen molar-refractivity contribution in [2.24, 2.45) is 0 Å². The highest BCUT2D eigenvalue weighted by molar-refractivity contribution is 7.97. The molecule has 0 N–H and O–H groups in total. The van der Waals surface area contributed by atoms with E-state index >= 15 is 0 Å². The first-order chi connectivity index (χ1) is 7.65. The lowest BCUT2D eigenvalue weighted by molar-refractivity contribution is 0.621. The van der Waals surface area contributed by atoms with Crippen molar-refractivity contribution in [2.45, 2.75) is 32.6 Å². The van der Waals surface area contributed by atoms with Crippen LogP contribution in [-0.4, -0.2) is 10.8 Å². The van der Waals surface area contributed by atoms with Crippen molar-refractivity contribution in [1.82, 2.24) is 4.57 Å². The number of aromatic nitrogens is 1. The summed E-state index contributed by atoms with van der Waals surface area (Å²) in [7, 11) is 0. The molecule has 1 aromatic heterocycles. The fourth-order valence-corrected chi connectivity index (χ4v) is 2.78. The van der Waals surface area contributed by atoms with Crippen LogP contribution in [0.1, 0.15) is 31.0 Å². The number of hydrogen-bond acceptors (Lipinski definition) is 1. The molecule has 1 heterocycles. The highest BCUT2D eigenvalue weighted by atomic mass is 32.2. The normalized spacial score (nSPS) is 11.6. The Hall–Kier alpha value is -0.890. The van der Waals surface area contributed by atoms with Crippen molar-refractivity contribution >= 4 is 22.7 Å². The molecule has 0 spiro atoms. The average Bonchev–Trinajstić information content (AvgIpc) is 2.60. The van der Waals surface area contributed by atoms with Crippen molar-refractivity contribution in [3.8, 4) is 0 Å². The highest BCUT2D eigenvalue weighted by Crippen LogP contribution is 2.29. The van der Waals surface area contributed by atoms with Crippen LogP contribution >= 0.6 is 11.8 Å². The van der Waals surface area contributed by atoms with Crippen molar-refractivity contribution in [2.75, 3.05) is 6.26 Å². The number of aryl methyl sites for hydroxylation is 1. The summed E-state index contributed by atoms with van der Waals surface area (Å²) >= 11 is 1.89. The Labute approximate surface area is 102 Å². The van der Waals surface area contributed by atoms with Crippen molar-refractivity contribution in [3.63, 3.8) is 0 Å². The Bertz CT molecular complexity index is 497. The molecule has 0 aliphatic rings. The lowest BCUT2D eigenvalue weighted by Crippen LogP contribution is -1.99. The zero-order valence-electron chi connectivity index (χ0n) is 10.4. The van der Waals surface area contributed by atoms with Gasteiger partial charge in [0, 0.05) is 23.4 Å². The predicted molar refractivity (Wildman–Crippen MR) is 74.3 cm³/mol. The van der Waals surface area contributed by atoms with Gasteiger partial charge in [0.1, 0.15) is 0 Å². The SMILES string of the molecule is CSCc1cn(C(C)C)c2c(C)cccc12. The summed E-state index contributed by atoms with van der Waals surface area (Å²) in [6, 6.07) is 7.13. The number of rotatable bonds is 3. The van der Waals surface area contributed by atoms with E-state index in [1.165, 1.54) is 22.0 Å². The molecule has 16 heavy (non-hydrogen) atoms. The molecular weight excluding hydrogens is 214 g/mol. The van der Waals surface area contributed by atoms with Crippen LogP contribution in [-0.2, 0) is 5.75 Å². The van der Waals surface area contributed by atoms with Gasteiger partial charge in [0.15, 0.2) is 0 Å². The van der Waals surface area contributed by atoms with Crippen LogP contribution in [0, 0.1) is 6.92 Å². The third-order valence-corrected chi connectivity index (χ3v) is 3.59. The molecule has 0 radical (unpaired) electrons. The fraction of sp³-hybridized carbons (Fsp3) is 0.429. The number of nitrogens with zero attached hydrogens (tertiary/aromatic N) is 1. The van der Waals surface area contributed by atoms with Crippen molar-refractivity contribution in [1.29, 1.82) is 0 Å². The third-order valence-electron chi connectivity index (χ3n) is 2.99. The molecule has 0 saturated carbocycles. The van der Waals surface area contributed by atoms with E-state index in [0.717, 1.165) is 5.75 Å². The Kier molecular flexibility index (Phi) is 3.29. The van der Waals surface area contributed by atoms with Crippen LogP contribution in [0.5, 0.6) is 0 Å². The van der Waals surface area contributed by atoms with E-state index < -0.39 is 0 Å². The van der Waals surface area contributed by atoms with E-state index in [-0.39, 0.29) is 0 Å². The maximum Gasteiger partial charge on any atom is 0.0515 e. The number of fused-ring (bicyclic) bond motifs is 1. The fourth-order valence-electron chi connectivity index (χ4n) is 2.24. The van der Waals surface area contributed by atoms with Gasteiger partial charge in [-0.15, -0.1) is 0 Å². The van der Waals surface area contributed by atoms with Crippen LogP contribution < -0.4 is 0 Å². The standard InChI is InChI=1S/C14H19NS/c1-10(2)15-8-12(9-16-4)13-7-5-6-11(3)14(13)15/h5-8,10H,9H2,1-4H3. The monoisotopic (exact) mass is 233 g/mol. The lowest BCUT2D eigenvalue weighted by atomic mass is 10.1. The van der Waals surface area contributed by atoms with Gasteiger partial charge < -0.3 is 4.57 Å². The minimum absolute atomic E-state index is 0.527. The molecule has 0 aliphatic heterocycles. The first-order valence-corrected chi connectivity index (χ1v) is 7.12. The summed E-state index contributed by atoms with van der Waals surface area (Å²) in [5.74, 6) is 1.10. The molecule has 0 aliphatic carbocycles. The summed E-state index contributed by atoms with van der Waals surface area (Å²) in [5, 5.41) is 1.42. The molecule has 1 aromatic carbocycles. The topological polar surface area (TPSA) is 4.93 Å². The van der Waals surface area contributed by atoms with Gasteiger partial charge in [-0.2, -0.15) is 11.8 Å². The Morgan fingerprint density at radius 2 is 2.06 bits per heavy atom. The predicted octanol–water partition coefficient (Wildman–Crippen LogP) is 4.39. The van der Waals surface area contributed by atoms with Gasteiger partial charge in [-0.3, -0.25) is 0 Å². The smallest absolute Gasteiger partial charge is 0.0515 e. The number of hydrogen-bond donors (Lipinski definition) is 0. The molecule has 86 valence electrons. The third kappa shape index (κ3) is 1.86. The van der Waals surface area contributed by atoms with E-state index in [0.29, 0.717) is 6.04 Å². The van der Waals surface area contributed by atoms with Crippen LogP contribution in [0.4, 0.5) is 0 Å². The van der Waals surface area contributed by atoms with Gasteiger partial charge in [-0.1, -0.05) is 18.2 Å². The molecule has 2 rings (SSSR count). The molecule has 0 unspecified atom stereocenters. The maximum absolute atomic E-state index is 2.40. The molecule has 0 fully saturated rings. The van der Waals surface area contributed by atoms with E-state index in [2.05, 4.69) is 56.0 Å². The molecule has 0 bridgehead atoms. The molecule has 0 atom stereocenters. The highest BCUT2D eigenvalue weighted by Gasteiger charge is 2.11.